The summed E-state index contributed by atoms with van der Waals surface area (Å²) >= 11 is 0. The molecule has 0 saturated carbocycles. The van der Waals surface area contributed by atoms with E-state index in [0.29, 0.717) is 12.8 Å². The second kappa shape index (κ2) is 6.06. The molecule has 0 radical (unpaired) electrons. The Morgan fingerprint density at radius 2 is 2.11 bits per heavy atom. The van der Waals surface area contributed by atoms with Crippen molar-refractivity contribution in [3.63, 3.8) is 0 Å². The van der Waals surface area contributed by atoms with E-state index in [-0.39, 0.29) is 17.4 Å². The zero-order valence-electron chi connectivity index (χ0n) is 11.4. The SMILES string of the molecule is CCS(=O)(=O)CCCC(O)C1CCc2ccccc21. The van der Waals surface area contributed by atoms with Gasteiger partial charge in [-0.25, -0.2) is 8.42 Å². The number of benzene rings is 1. The second-order valence-electron chi connectivity index (χ2n) is 5.29. The lowest BCUT2D eigenvalue weighted by molar-refractivity contribution is 0.132. The van der Waals surface area contributed by atoms with Crippen molar-refractivity contribution in [1.29, 1.82) is 0 Å². The van der Waals surface area contributed by atoms with Gasteiger partial charge in [-0.05, 0) is 36.8 Å². The average molecular weight is 282 g/mol. The molecule has 0 fully saturated rings. The van der Waals surface area contributed by atoms with Gasteiger partial charge in [-0.2, -0.15) is 0 Å². The third-order valence-electron chi connectivity index (χ3n) is 4.04. The Morgan fingerprint density at radius 1 is 1.37 bits per heavy atom. The van der Waals surface area contributed by atoms with Gasteiger partial charge in [0.1, 0.15) is 9.84 Å². The van der Waals surface area contributed by atoms with Crippen LogP contribution in [0.4, 0.5) is 0 Å². The smallest absolute Gasteiger partial charge is 0.150 e. The lowest BCUT2D eigenvalue weighted by Crippen LogP contribution is -2.18. The summed E-state index contributed by atoms with van der Waals surface area (Å²) in [6.07, 6.45) is 2.69. The number of hydrogen-bond donors (Lipinski definition) is 1. The Morgan fingerprint density at radius 3 is 2.84 bits per heavy atom. The van der Waals surface area contributed by atoms with Gasteiger partial charge in [-0.1, -0.05) is 31.2 Å². The molecule has 0 spiro atoms. The third kappa shape index (κ3) is 3.57. The summed E-state index contributed by atoms with van der Waals surface area (Å²) < 4.78 is 22.8. The summed E-state index contributed by atoms with van der Waals surface area (Å²) in [5, 5.41) is 10.3. The van der Waals surface area contributed by atoms with Crippen LogP contribution < -0.4 is 0 Å². The van der Waals surface area contributed by atoms with E-state index in [2.05, 4.69) is 12.1 Å². The van der Waals surface area contributed by atoms with E-state index in [9.17, 15) is 13.5 Å². The first-order chi connectivity index (χ1) is 9.03. The van der Waals surface area contributed by atoms with Crippen LogP contribution in [0.15, 0.2) is 24.3 Å². The number of aliphatic hydroxyl groups is 1. The van der Waals surface area contributed by atoms with Gasteiger partial charge in [-0.15, -0.1) is 0 Å². The number of fused-ring (bicyclic) bond motifs is 1. The van der Waals surface area contributed by atoms with Crippen molar-refractivity contribution in [1.82, 2.24) is 0 Å². The van der Waals surface area contributed by atoms with Gasteiger partial charge < -0.3 is 5.11 Å². The average Bonchev–Trinajstić information content (AvgIpc) is 2.82. The highest BCUT2D eigenvalue weighted by molar-refractivity contribution is 7.91. The van der Waals surface area contributed by atoms with Crippen LogP contribution in [0.3, 0.4) is 0 Å². The molecule has 106 valence electrons. The minimum absolute atomic E-state index is 0.181. The highest BCUT2D eigenvalue weighted by Gasteiger charge is 2.28. The summed E-state index contributed by atoms with van der Waals surface area (Å²) in [7, 11) is -2.91. The molecule has 0 aliphatic heterocycles. The Balaban J connectivity index is 1.90. The van der Waals surface area contributed by atoms with Crippen molar-refractivity contribution in [3.05, 3.63) is 35.4 Å². The van der Waals surface area contributed by atoms with Gasteiger partial charge in [0, 0.05) is 11.7 Å². The molecule has 0 saturated heterocycles. The van der Waals surface area contributed by atoms with E-state index in [1.165, 1.54) is 11.1 Å². The van der Waals surface area contributed by atoms with Crippen molar-refractivity contribution in [2.45, 2.75) is 44.6 Å². The van der Waals surface area contributed by atoms with Crippen molar-refractivity contribution in [2.24, 2.45) is 0 Å². The summed E-state index contributed by atoms with van der Waals surface area (Å²) in [6, 6.07) is 8.23. The van der Waals surface area contributed by atoms with Crippen LogP contribution in [-0.2, 0) is 16.3 Å². The molecule has 0 bridgehead atoms. The van der Waals surface area contributed by atoms with Crippen molar-refractivity contribution >= 4 is 9.84 Å². The van der Waals surface area contributed by atoms with E-state index >= 15 is 0 Å². The molecule has 1 aromatic carbocycles. The monoisotopic (exact) mass is 282 g/mol. The Labute approximate surface area is 115 Å². The van der Waals surface area contributed by atoms with Gasteiger partial charge in [0.15, 0.2) is 0 Å². The van der Waals surface area contributed by atoms with Crippen LogP contribution in [0.25, 0.3) is 0 Å². The maximum atomic E-state index is 11.4. The predicted molar refractivity (Wildman–Crippen MR) is 77.1 cm³/mol. The van der Waals surface area contributed by atoms with E-state index in [1.54, 1.807) is 6.92 Å². The quantitative estimate of drug-likeness (QED) is 0.871. The van der Waals surface area contributed by atoms with Gasteiger partial charge in [0.2, 0.25) is 0 Å². The maximum absolute atomic E-state index is 11.4. The normalized spacial score (nSPS) is 20.2. The van der Waals surface area contributed by atoms with E-state index < -0.39 is 15.9 Å². The highest BCUT2D eigenvalue weighted by atomic mass is 32.2. The van der Waals surface area contributed by atoms with Gasteiger partial charge in [0.25, 0.3) is 0 Å². The summed E-state index contributed by atoms with van der Waals surface area (Å²) in [6.45, 7) is 1.67. The minimum atomic E-state index is -2.91. The molecule has 4 heteroatoms. The number of sulfone groups is 1. The fourth-order valence-electron chi connectivity index (χ4n) is 2.85. The van der Waals surface area contributed by atoms with E-state index in [0.717, 1.165) is 12.8 Å². The predicted octanol–water partition coefficient (Wildman–Crippen LogP) is 2.29. The molecule has 3 nitrogen and oxygen atoms in total. The molecule has 19 heavy (non-hydrogen) atoms. The number of hydrogen-bond acceptors (Lipinski definition) is 3. The van der Waals surface area contributed by atoms with Crippen LogP contribution in [0.2, 0.25) is 0 Å². The Hall–Kier alpha value is -0.870. The number of rotatable bonds is 6. The molecule has 1 N–H and O–H groups in total. The van der Waals surface area contributed by atoms with Crippen LogP contribution in [0.5, 0.6) is 0 Å². The zero-order chi connectivity index (χ0) is 13.9. The molecule has 1 aliphatic carbocycles. The molecule has 2 unspecified atom stereocenters. The van der Waals surface area contributed by atoms with Crippen LogP contribution >= 0.6 is 0 Å². The first kappa shape index (κ1) is 14.5. The minimum Gasteiger partial charge on any atom is -0.392 e. The molecule has 1 aliphatic rings. The lowest BCUT2D eigenvalue weighted by Gasteiger charge is -2.19. The summed E-state index contributed by atoms with van der Waals surface area (Å²) in [4.78, 5) is 0. The topological polar surface area (TPSA) is 54.4 Å². The van der Waals surface area contributed by atoms with Gasteiger partial charge in [0.05, 0.1) is 11.9 Å². The summed E-state index contributed by atoms with van der Waals surface area (Å²) in [5.41, 5.74) is 2.57. The third-order valence-corrected chi connectivity index (χ3v) is 5.83. The van der Waals surface area contributed by atoms with Crippen LogP contribution in [0.1, 0.15) is 43.2 Å². The van der Waals surface area contributed by atoms with E-state index in [1.807, 2.05) is 12.1 Å². The molecule has 0 heterocycles. The molecule has 2 atom stereocenters. The fraction of sp³-hybridized carbons (Fsp3) is 0.600. The molecule has 2 rings (SSSR count). The van der Waals surface area contributed by atoms with Gasteiger partial charge in [-0.3, -0.25) is 0 Å². The Kier molecular flexibility index (Phi) is 4.63. The van der Waals surface area contributed by atoms with E-state index in [4.69, 9.17) is 0 Å². The molecule has 0 aromatic heterocycles. The largest absolute Gasteiger partial charge is 0.392 e. The fourth-order valence-corrected chi connectivity index (χ4v) is 3.74. The molecular formula is C15H22O3S. The Bertz CT molecular complexity index is 522. The molecule has 0 amide bonds. The standard InChI is InChI=1S/C15H22O3S/c1-2-19(17,18)11-5-8-15(16)14-10-9-12-6-3-4-7-13(12)14/h3-4,6-7,14-16H,2,5,8-11H2,1H3. The number of aryl methyl sites for hydroxylation is 1. The van der Waals surface area contributed by atoms with Crippen LogP contribution in [0, 0.1) is 0 Å². The molecular weight excluding hydrogens is 260 g/mol. The van der Waals surface area contributed by atoms with Crippen LogP contribution in [-0.4, -0.2) is 31.1 Å². The van der Waals surface area contributed by atoms with Crippen molar-refractivity contribution < 1.29 is 13.5 Å². The first-order valence-electron chi connectivity index (χ1n) is 7.00. The molecule has 1 aromatic rings. The maximum Gasteiger partial charge on any atom is 0.150 e. The lowest BCUT2D eigenvalue weighted by atomic mass is 9.93. The first-order valence-corrected chi connectivity index (χ1v) is 8.82. The summed E-state index contributed by atoms with van der Waals surface area (Å²) in [5.74, 6) is 0.560. The highest BCUT2D eigenvalue weighted by Crippen LogP contribution is 2.36. The zero-order valence-corrected chi connectivity index (χ0v) is 12.2. The van der Waals surface area contributed by atoms with Crippen molar-refractivity contribution in [3.8, 4) is 0 Å². The second-order valence-corrected chi connectivity index (χ2v) is 7.76. The number of aliphatic hydroxyl groups excluding tert-OH is 1. The van der Waals surface area contributed by atoms with Gasteiger partial charge >= 0.3 is 0 Å². The van der Waals surface area contributed by atoms with Crippen molar-refractivity contribution in [2.75, 3.05) is 11.5 Å².